The van der Waals surface area contributed by atoms with Crippen LogP contribution >= 0.6 is 0 Å². The fourth-order valence-corrected chi connectivity index (χ4v) is 1.19. The van der Waals surface area contributed by atoms with Gasteiger partial charge in [-0.1, -0.05) is 0 Å². The number of hydrogen-bond donors (Lipinski definition) is 0. The van der Waals surface area contributed by atoms with E-state index in [-0.39, 0.29) is 6.04 Å². The third-order valence-electron chi connectivity index (χ3n) is 1.78. The Balaban J connectivity index is 2.73. The summed E-state index contributed by atoms with van der Waals surface area (Å²) in [7, 11) is 0. The molecular formula is C9H13N3O2. The highest BCUT2D eigenvalue weighted by Crippen LogP contribution is 2.08. The van der Waals surface area contributed by atoms with Crippen molar-refractivity contribution >= 4 is 6.47 Å². The molecule has 0 saturated carbocycles. The standard InChI is InChI=1S/C9H13N3O2/c1-7(4-5-14-6-13)12-9(3)10-8(2)11-12/h4-7H,1-3H3/b5-4-. The molecule has 0 spiro atoms. The number of rotatable bonds is 4. The summed E-state index contributed by atoms with van der Waals surface area (Å²) in [6, 6.07) is 0.0242. The number of aromatic nitrogens is 3. The van der Waals surface area contributed by atoms with E-state index >= 15 is 0 Å². The van der Waals surface area contributed by atoms with Gasteiger partial charge in [0.05, 0.1) is 12.3 Å². The van der Waals surface area contributed by atoms with Gasteiger partial charge >= 0.3 is 0 Å². The summed E-state index contributed by atoms with van der Waals surface area (Å²) >= 11 is 0. The van der Waals surface area contributed by atoms with Gasteiger partial charge in [0.2, 0.25) is 0 Å². The minimum absolute atomic E-state index is 0.0242. The molecule has 1 aromatic heterocycles. The molecule has 14 heavy (non-hydrogen) atoms. The number of nitrogens with zero attached hydrogens (tertiary/aromatic N) is 3. The van der Waals surface area contributed by atoms with Gasteiger partial charge in [-0.2, -0.15) is 5.10 Å². The number of aryl methyl sites for hydroxylation is 2. The smallest absolute Gasteiger partial charge is 0.297 e. The summed E-state index contributed by atoms with van der Waals surface area (Å²) in [5.74, 6) is 1.57. The zero-order chi connectivity index (χ0) is 10.6. The van der Waals surface area contributed by atoms with E-state index in [1.165, 1.54) is 6.26 Å². The predicted octanol–water partition coefficient (Wildman–Crippen LogP) is 1.14. The molecule has 5 heteroatoms. The van der Waals surface area contributed by atoms with E-state index in [1.54, 1.807) is 10.8 Å². The van der Waals surface area contributed by atoms with Gasteiger partial charge in [-0.15, -0.1) is 0 Å². The summed E-state index contributed by atoms with van der Waals surface area (Å²) in [5.41, 5.74) is 0. The molecule has 0 aliphatic rings. The Kier molecular flexibility index (Phi) is 3.39. The van der Waals surface area contributed by atoms with Gasteiger partial charge in [-0.3, -0.25) is 4.79 Å². The number of ether oxygens (including phenoxy) is 1. The highest BCUT2D eigenvalue weighted by atomic mass is 16.5. The summed E-state index contributed by atoms with van der Waals surface area (Å²) in [6.45, 7) is 6.03. The molecule has 0 radical (unpaired) electrons. The predicted molar refractivity (Wildman–Crippen MR) is 50.5 cm³/mol. The van der Waals surface area contributed by atoms with Crippen LogP contribution in [-0.2, 0) is 9.53 Å². The van der Waals surface area contributed by atoms with Crippen LogP contribution in [0.3, 0.4) is 0 Å². The molecule has 0 amide bonds. The lowest BCUT2D eigenvalue weighted by Gasteiger charge is -2.07. The Morgan fingerprint density at radius 1 is 1.50 bits per heavy atom. The van der Waals surface area contributed by atoms with Gasteiger partial charge in [-0.25, -0.2) is 9.67 Å². The highest BCUT2D eigenvalue weighted by molar-refractivity contribution is 5.38. The number of carbonyl (C=O) groups excluding carboxylic acids is 1. The van der Waals surface area contributed by atoms with Crippen LogP contribution in [-0.4, -0.2) is 21.2 Å². The van der Waals surface area contributed by atoms with Crippen LogP contribution in [0.1, 0.15) is 24.6 Å². The number of hydrogen-bond acceptors (Lipinski definition) is 4. The van der Waals surface area contributed by atoms with Crippen LogP contribution < -0.4 is 0 Å². The minimum Gasteiger partial charge on any atom is -0.437 e. The Hall–Kier alpha value is -1.65. The number of allylic oxidation sites excluding steroid dienone is 1. The zero-order valence-electron chi connectivity index (χ0n) is 8.47. The number of carbonyl (C=O) groups is 1. The van der Waals surface area contributed by atoms with E-state index in [1.807, 2.05) is 20.8 Å². The molecule has 0 bridgehead atoms. The maximum Gasteiger partial charge on any atom is 0.297 e. The molecule has 0 N–H and O–H groups in total. The maximum absolute atomic E-state index is 9.89. The third-order valence-corrected chi connectivity index (χ3v) is 1.78. The molecular weight excluding hydrogens is 182 g/mol. The molecule has 0 aliphatic carbocycles. The van der Waals surface area contributed by atoms with E-state index < -0.39 is 0 Å². The van der Waals surface area contributed by atoms with E-state index in [4.69, 9.17) is 0 Å². The first-order valence-corrected chi connectivity index (χ1v) is 4.30. The van der Waals surface area contributed by atoms with Crippen LogP contribution in [0, 0.1) is 13.8 Å². The Bertz CT molecular complexity index is 344. The van der Waals surface area contributed by atoms with Crippen LogP contribution in [0.2, 0.25) is 0 Å². The average molecular weight is 195 g/mol. The second kappa shape index (κ2) is 4.55. The molecule has 0 aromatic carbocycles. The molecule has 5 nitrogen and oxygen atoms in total. The second-order valence-electron chi connectivity index (χ2n) is 2.95. The van der Waals surface area contributed by atoms with E-state index in [2.05, 4.69) is 14.8 Å². The molecule has 76 valence electrons. The first kappa shape index (κ1) is 10.4. The van der Waals surface area contributed by atoms with Gasteiger partial charge in [-0.05, 0) is 26.8 Å². The fourth-order valence-electron chi connectivity index (χ4n) is 1.19. The monoisotopic (exact) mass is 195 g/mol. The van der Waals surface area contributed by atoms with Crippen molar-refractivity contribution in [2.75, 3.05) is 0 Å². The van der Waals surface area contributed by atoms with Crippen molar-refractivity contribution in [2.24, 2.45) is 0 Å². The lowest BCUT2D eigenvalue weighted by atomic mass is 10.3. The van der Waals surface area contributed by atoms with Crippen molar-refractivity contribution in [1.82, 2.24) is 14.8 Å². The Labute approximate surface area is 82.4 Å². The first-order chi connectivity index (χ1) is 6.65. The topological polar surface area (TPSA) is 57.0 Å². The molecule has 0 aliphatic heterocycles. The quantitative estimate of drug-likeness (QED) is 0.534. The normalized spacial score (nSPS) is 13.1. The van der Waals surface area contributed by atoms with Gasteiger partial charge in [0.15, 0.2) is 0 Å². The van der Waals surface area contributed by atoms with Gasteiger partial charge in [0.1, 0.15) is 11.6 Å². The van der Waals surface area contributed by atoms with E-state index in [0.29, 0.717) is 6.47 Å². The summed E-state index contributed by atoms with van der Waals surface area (Å²) in [6.07, 6.45) is 3.07. The summed E-state index contributed by atoms with van der Waals surface area (Å²) in [5, 5.41) is 4.20. The van der Waals surface area contributed by atoms with Crippen LogP contribution in [0.5, 0.6) is 0 Å². The highest BCUT2D eigenvalue weighted by Gasteiger charge is 2.06. The van der Waals surface area contributed by atoms with Crippen molar-refractivity contribution in [2.45, 2.75) is 26.8 Å². The van der Waals surface area contributed by atoms with Gasteiger partial charge < -0.3 is 4.74 Å². The second-order valence-corrected chi connectivity index (χ2v) is 2.95. The Morgan fingerprint density at radius 2 is 2.21 bits per heavy atom. The molecule has 1 heterocycles. The lowest BCUT2D eigenvalue weighted by Crippen LogP contribution is -2.06. The van der Waals surface area contributed by atoms with Gasteiger partial charge in [0.25, 0.3) is 6.47 Å². The molecule has 1 unspecified atom stereocenters. The molecule has 1 atom stereocenters. The maximum atomic E-state index is 9.89. The van der Waals surface area contributed by atoms with Crippen LogP contribution in [0.15, 0.2) is 12.3 Å². The summed E-state index contributed by atoms with van der Waals surface area (Å²) < 4.78 is 6.21. The average Bonchev–Trinajstić information content (AvgIpc) is 2.45. The van der Waals surface area contributed by atoms with E-state index in [0.717, 1.165) is 11.6 Å². The SMILES string of the molecule is Cc1nc(C)n(C(C)/C=C\OC=O)n1. The first-order valence-electron chi connectivity index (χ1n) is 4.30. The molecule has 1 rings (SSSR count). The molecule has 0 fully saturated rings. The zero-order valence-corrected chi connectivity index (χ0v) is 8.47. The lowest BCUT2D eigenvalue weighted by molar-refractivity contribution is -0.123. The largest absolute Gasteiger partial charge is 0.437 e. The minimum atomic E-state index is 0.0242. The third kappa shape index (κ3) is 2.42. The van der Waals surface area contributed by atoms with E-state index in [9.17, 15) is 4.79 Å². The summed E-state index contributed by atoms with van der Waals surface area (Å²) in [4.78, 5) is 14.1. The van der Waals surface area contributed by atoms with Crippen molar-refractivity contribution in [3.8, 4) is 0 Å². The van der Waals surface area contributed by atoms with Crippen molar-refractivity contribution < 1.29 is 9.53 Å². The van der Waals surface area contributed by atoms with Gasteiger partial charge in [0, 0.05) is 0 Å². The van der Waals surface area contributed by atoms with Crippen LogP contribution in [0.4, 0.5) is 0 Å². The molecule has 0 saturated heterocycles. The van der Waals surface area contributed by atoms with Crippen molar-refractivity contribution in [1.29, 1.82) is 0 Å². The van der Waals surface area contributed by atoms with Crippen molar-refractivity contribution in [3.63, 3.8) is 0 Å². The Morgan fingerprint density at radius 3 is 2.71 bits per heavy atom. The molecule has 1 aromatic rings. The van der Waals surface area contributed by atoms with Crippen molar-refractivity contribution in [3.05, 3.63) is 24.0 Å². The van der Waals surface area contributed by atoms with Crippen LogP contribution in [0.25, 0.3) is 0 Å². The fraction of sp³-hybridized carbons (Fsp3) is 0.444.